The first-order valence-corrected chi connectivity index (χ1v) is 9.28. The second kappa shape index (κ2) is 9.86. The fourth-order valence-corrected chi connectivity index (χ4v) is 3.63. The van der Waals surface area contributed by atoms with Crippen LogP contribution in [0.25, 0.3) is 0 Å². The molecule has 2 rings (SSSR count). The lowest BCUT2D eigenvalue weighted by Crippen LogP contribution is -2.53. The quantitative estimate of drug-likeness (QED) is 0.764. The molecule has 26 heavy (non-hydrogen) atoms. The number of hydrogen-bond acceptors (Lipinski definition) is 3. The minimum atomic E-state index is -0.527. The van der Waals surface area contributed by atoms with E-state index in [4.69, 9.17) is 11.2 Å². The maximum atomic E-state index is 13.1. The van der Waals surface area contributed by atoms with Crippen LogP contribution in [0.3, 0.4) is 0 Å². The number of nitrogens with zero attached hydrogens (tertiary/aromatic N) is 1. The van der Waals surface area contributed by atoms with E-state index in [2.05, 4.69) is 11.2 Å². The number of rotatable bonds is 7. The molecule has 1 aliphatic carbocycles. The van der Waals surface area contributed by atoms with Crippen LogP contribution in [0.2, 0.25) is 0 Å². The van der Waals surface area contributed by atoms with Gasteiger partial charge in [0.1, 0.15) is 11.8 Å². The first kappa shape index (κ1) is 19.8. The van der Waals surface area contributed by atoms with Crippen molar-refractivity contribution in [3.63, 3.8) is 0 Å². The molecule has 140 valence electrons. The second-order valence-electron chi connectivity index (χ2n) is 6.60. The number of ether oxygens (including phenoxy) is 1. The van der Waals surface area contributed by atoms with Crippen molar-refractivity contribution in [3.05, 3.63) is 29.8 Å². The molecule has 1 N–H and O–H groups in total. The van der Waals surface area contributed by atoms with Crippen LogP contribution < -0.4 is 10.1 Å². The molecule has 5 heteroatoms. The molecule has 0 saturated heterocycles. The van der Waals surface area contributed by atoms with Crippen LogP contribution in [0.15, 0.2) is 24.3 Å². The number of amides is 2. The summed E-state index contributed by atoms with van der Waals surface area (Å²) >= 11 is 0. The topological polar surface area (TPSA) is 58.6 Å². The van der Waals surface area contributed by atoms with Gasteiger partial charge in [-0.2, -0.15) is 0 Å². The SMILES string of the molecule is C#CCN(C(=O)c1ccc(OC)cc1)C(C(=O)NCC)C1CCCCC1. The summed E-state index contributed by atoms with van der Waals surface area (Å²) in [4.78, 5) is 27.5. The summed E-state index contributed by atoms with van der Waals surface area (Å²) < 4.78 is 5.15. The monoisotopic (exact) mass is 356 g/mol. The summed E-state index contributed by atoms with van der Waals surface area (Å²) in [7, 11) is 1.58. The average molecular weight is 356 g/mol. The number of benzene rings is 1. The molecule has 0 bridgehead atoms. The van der Waals surface area contributed by atoms with Crippen molar-refractivity contribution < 1.29 is 14.3 Å². The number of carbonyl (C=O) groups is 2. The molecule has 1 aromatic carbocycles. The molecule has 0 heterocycles. The van der Waals surface area contributed by atoms with Crippen LogP contribution in [-0.4, -0.2) is 43.0 Å². The van der Waals surface area contributed by atoms with Gasteiger partial charge >= 0.3 is 0 Å². The van der Waals surface area contributed by atoms with Crippen LogP contribution in [-0.2, 0) is 4.79 Å². The van der Waals surface area contributed by atoms with Gasteiger partial charge in [0, 0.05) is 12.1 Å². The van der Waals surface area contributed by atoms with Gasteiger partial charge in [0.05, 0.1) is 13.7 Å². The van der Waals surface area contributed by atoms with Crippen molar-refractivity contribution in [2.24, 2.45) is 5.92 Å². The molecule has 0 aromatic heterocycles. The maximum absolute atomic E-state index is 13.1. The first-order valence-electron chi connectivity index (χ1n) is 9.28. The van der Waals surface area contributed by atoms with Crippen molar-refractivity contribution >= 4 is 11.8 Å². The molecule has 1 fully saturated rings. The van der Waals surface area contributed by atoms with Gasteiger partial charge in [0.2, 0.25) is 5.91 Å². The third-order valence-corrected chi connectivity index (χ3v) is 4.91. The zero-order valence-electron chi connectivity index (χ0n) is 15.7. The van der Waals surface area contributed by atoms with Crippen molar-refractivity contribution in [3.8, 4) is 18.1 Å². The molecule has 0 aliphatic heterocycles. The lowest BCUT2D eigenvalue weighted by molar-refractivity contribution is -0.127. The lowest BCUT2D eigenvalue weighted by Gasteiger charge is -2.37. The van der Waals surface area contributed by atoms with E-state index in [1.54, 1.807) is 36.3 Å². The standard InChI is InChI=1S/C21H28N2O3/c1-4-15-23(21(25)17-11-13-18(26-3)14-12-17)19(20(24)22-5-2)16-9-7-6-8-10-16/h1,11-14,16,19H,5-10,15H2,2-3H3,(H,22,24). The third kappa shape index (κ3) is 4.78. The van der Waals surface area contributed by atoms with Gasteiger partial charge in [-0.15, -0.1) is 6.42 Å². The third-order valence-electron chi connectivity index (χ3n) is 4.91. The van der Waals surface area contributed by atoms with Gasteiger partial charge in [-0.3, -0.25) is 9.59 Å². The van der Waals surface area contributed by atoms with Crippen molar-refractivity contribution in [1.29, 1.82) is 0 Å². The summed E-state index contributed by atoms with van der Waals surface area (Å²) in [5.74, 6) is 3.05. The predicted molar refractivity (Wildman–Crippen MR) is 102 cm³/mol. The largest absolute Gasteiger partial charge is 0.497 e. The van der Waals surface area contributed by atoms with E-state index < -0.39 is 6.04 Å². The lowest BCUT2D eigenvalue weighted by atomic mass is 9.82. The molecule has 1 unspecified atom stereocenters. The Hall–Kier alpha value is -2.48. The van der Waals surface area contributed by atoms with Crippen LogP contribution in [0.1, 0.15) is 49.4 Å². The zero-order valence-corrected chi connectivity index (χ0v) is 15.7. The van der Waals surface area contributed by atoms with E-state index >= 15 is 0 Å². The van der Waals surface area contributed by atoms with Gasteiger partial charge in [-0.1, -0.05) is 25.2 Å². The van der Waals surface area contributed by atoms with Crippen LogP contribution in [0.5, 0.6) is 5.75 Å². The highest BCUT2D eigenvalue weighted by Gasteiger charge is 2.36. The highest BCUT2D eigenvalue weighted by atomic mass is 16.5. The van der Waals surface area contributed by atoms with Gasteiger partial charge < -0.3 is 15.0 Å². The Morgan fingerprint density at radius 1 is 1.27 bits per heavy atom. The van der Waals surface area contributed by atoms with Gasteiger partial charge in [-0.05, 0) is 49.9 Å². The van der Waals surface area contributed by atoms with Crippen LogP contribution in [0, 0.1) is 18.3 Å². The summed E-state index contributed by atoms with van der Waals surface area (Å²) in [6.45, 7) is 2.53. The van der Waals surface area contributed by atoms with Crippen molar-refractivity contribution in [2.45, 2.75) is 45.1 Å². The Bertz CT molecular complexity index is 642. The van der Waals surface area contributed by atoms with Gasteiger partial charge in [0.25, 0.3) is 5.91 Å². The Kier molecular flexibility index (Phi) is 7.53. The predicted octanol–water partition coefficient (Wildman–Crippen LogP) is 2.86. The highest BCUT2D eigenvalue weighted by Crippen LogP contribution is 2.30. The minimum Gasteiger partial charge on any atom is -0.497 e. The maximum Gasteiger partial charge on any atom is 0.255 e. The molecule has 1 aliphatic rings. The molecule has 1 atom stereocenters. The van der Waals surface area contributed by atoms with E-state index in [1.165, 1.54) is 6.42 Å². The van der Waals surface area contributed by atoms with Gasteiger partial charge in [0.15, 0.2) is 0 Å². The molecular weight excluding hydrogens is 328 g/mol. The van der Waals surface area contributed by atoms with Gasteiger partial charge in [-0.25, -0.2) is 0 Å². The molecule has 0 spiro atoms. The molecule has 0 radical (unpaired) electrons. The van der Waals surface area contributed by atoms with E-state index in [0.717, 1.165) is 25.7 Å². The summed E-state index contributed by atoms with van der Waals surface area (Å²) in [6.07, 6.45) is 10.8. The van der Waals surface area contributed by atoms with Crippen LogP contribution >= 0.6 is 0 Å². The van der Waals surface area contributed by atoms with E-state index in [-0.39, 0.29) is 24.3 Å². The summed E-state index contributed by atoms with van der Waals surface area (Å²) in [6, 6.07) is 6.37. The number of carbonyl (C=O) groups excluding carboxylic acids is 2. The Morgan fingerprint density at radius 3 is 2.46 bits per heavy atom. The highest BCUT2D eigenvalue weighted by molar-refractivity contribution is 5.98. The fraction of sp³-hybridized carbons (Fsp3) is 0.524. The molecule has 1 aromatic rings. The van der Waals surface area contributed by atoms with Crippen LogP contribution in [0.4, 0.5) is 0 Å². The molecular formula is C21H28N2O3. The fourth-order valence-electron chi connectivity index (χ4n) is 3.63. The van der Waals surface area contributed by atoms with E-state index in [1.807, 2.05) is 6.92 Å². The van der Waals surface area contributed by atoms with Crippen molar-refractivity contribution in [2.75, 3.05) is 20.2 Å². The zero-order chi connectivity index (χ0) is 18.9. The number of hydrogen-bond donors (Lipinski definition) is 1. The Labute approximate surface area is 156 Å². The first-order chi connectivity index (χ1) is 12.6. The number of likely N-dealkylation sites (N-methyl/N-ethyl adjacent to an activating group) is 1. The van der Waals surface area contributed by atoms with E-state index in [0.29, 0.717) is 17.9 Å². The summed E-state index contributed by atoms with van der Waals surface area (Å²) in [5.41, 5.74) is 0.506. The average Bonchev–Trinajstić information content (AvgIpc) is 2.68. The number of methoxy groups -OCH3 is 1. The minimum absolute atomic E-state index is 0.114. The normalized spacial score (nSPS) is 15.6. The molecule has 1 saturated carbocycles. The Balaban J connectivity index is 2.32. The van der Waals surface area contributed by atoms with E-state index in [9.17, 15) is 9.59 Å². The second-order valence-corrected chi connectivity index (χ2v) is 6.60. The van der Waals surface area contributed by atoms with Crippen molar-refractivity contribution in [1.82, 2.24) is 10.2 Å². The molecule has 2 amide bonds. The smallest absolute Gasteiger partial charge is 0.255 e. The Morgan fingerprint density at radius 2 is 1.92 bits per heavy atom. The molecule has 5 nitrogen and oxygen atoms in total. The number of terminal acetylenes is 1. The summed E-state index contributed by atoms with van der Waals surface area (Å²) in [5, 5.41) is 2.88. The number of nitrogens with one attached hydrogen (secondary N) is 1.